The Morgan fingerprint density at radius 3 is 2.47 bits per heavy atom. The fraction of sp³-hybridized carbons (Fsp3) is 0.600. The van der Waals surface area contributed by atoms with Crippen LogP contribution in [0, 0.1) is 12.8 Å². The van der Waals surface area contributed by atoms with Crippen LogP contribution >= 0.6 is 0 Å². The van der Waals surface area contributed by atoms with Crippen molar-refractivity contribution >= 4 is 0 Å². The summed E-state index contributed by atoms with van der Waals surface area (Å²) >= 11 is 0. The lowest BCUT2D eigenvalue weighted by Gasteiger charge is -2.23. The number of methoxy groups -OCH3 is 1. The van der Waals surface area contributed by atoms with Crippen molar-refractivity contribution in [2.24, 2.45) is 5.92 Å². The van der Waals surface area contributed by atoms with Crippen LogP contribution in [0.3, 0.4) is 0 Å². The molecule has 0 saturated heterocycles. The Hall–Kier alpha value is -1.02. The lowest BCUT2D eigenvalue weighted by Crippen LogP contribution is -2.26. The predicted molar refractivity (Wildman–Crippen MR) is 73.6 cm³/mol. The number of rotatable bonds is 6. The van der Waals surface area contributed by atoms with Crippen molar-refractivity contribution < 1.29 is 4.74 Å². The second kappa shape index (κ2) is 6.65. The number of hydrogen-bond acceptors (Lipinski definition) is 2. The van der Waals surface area contributed by atoms with Gasteiger partial charge in [0.05, 0.1) is 7.11 Å². The van der Waals surface area contributed by atoms with Gasteiger partial charge in [0.2, 0.25) is 0 Å². The van der Waals surface area contributed by atoms with Crippen LogP contribution in [0.2, 0.25) is 0 Å². The Balaban J connectivity index is 2.90. The first-order valence-electron chi connectivity index (χ1n) is 6.48. The number of nitrogens with one attached hydrogen (secondary N) is 1. The maximum Gasteiger partial charge on any atom is 0.121 e. The molecule has 0 saturated carbocycles. The van der Waals surface area contributed by atoms with E-state index in [0.29, 0.717) is 12.0 Å². The van der Waals surface area contributed by atoms with E-state index in [1.54, 1.807) is 7.11 Å². The topological polar surface area (TPSA) is 21.3 Å². The Morgan fingerprint density at radius 1 is 1.29 bits per heavy atom. The summed E-state index contributed by atoms with van der Waals surface area (Å²) in [4.78, 5) is 0. The second-order valence-electron chi connectivity index (χ2n) is 4.90. The molecule has 0 bridgehead atoms. The molecule has 0 amide bonds. The van der Waals surface area contributed by atoms with E-state index in [1.165, 1.54) is 17.5 Å². The molecule has 0 spiro atoms. The molecule has 0 aliphatic carbocycles. The highest BCUT2D eigenvalue weighted by atomic mass is 16.5. The molecule has 0 aromatic heterocycles. The van der Waals surface area contributed by atoms with Crippen molar-refractivity contribution in [3.05, 3.63) is 29.3 Å². The van der Waals surface area contributed by atoms with Crippen LogP contribution in [-0.2, 0) is 0 Å². The molecule has 0 fully saturated rings. The van der Waals surface area contributed by atoms with E-state index in [0.717, 1.165) is 12.3 Å². The van der Waals surface area contributed by atoms with Crippen LogP contribution in [0.4, 0.5) is 0 Å². The minimum Gasteiger partial charge on any atom is -0.496 e. The molecule has 96 valence electrons. The monoisotopic (exact) mass is 235 g/mol. The van der Waals surface area contributed by atoms with Crippen molar-refractivity contribution in [3.63, 3.8) is 0 Å². The van der Waals surface area contributed by atoms with Gasteiger partial charge in [-0.15, -0.1) is 0 Å². The quantitative estimate of drug-likeness (QED) is 0.811. The van der Waals surface area contributed by atoms with Crippen LogP contribution < -0.4 is 10.1 Å². The zero-order valence-corrected chi connectivity index (χ0v) is 11.7. The third kappa shape index (κ3) is 3.74. The first-order valence-corrected chi connectivity index (χ1v) is 6.48. The average molecular weight is 235 g/mol. The molecule has 17 heavy (non-hydrogen) atoms. The van der Waals surface area contributed by atoms with Crippen molar-refractivity contribution in [2.75, 3.05) is 13.7 Å². The van der Waals surface area contributed by atoms with Crippen LogP contribution in [0.5, 0.6) is 5.75 Å². The summed E-state index contributed by atoms with van der Waals surface area (Å²) in [6, 6.07) is 6.89. The van der Waals surface area contributed by atoms with E-state index in [2.05, 4.69) is 51.2 Å². The van der Waals surface area contributed by atoms with Crippen LogP contribution in [0.15, 0.2) is 18.2 Å². The van der Waals surface area contributed by atoms with Gasteiger partial charge in [0.15, 0.2) is 0 Å². The van der Waals surface area contributed by atoms with Crippen LogP contribution in [0.1, 0.15) is 44.4 Å². The molecule has 1 rings (SSSR count). The number of benzene rings is 1. The first kappa shape index (κ1) is 14.0. The lowest BCUT2D eigenvalue weighted by atomic mass is 9.94. The van der Waals surface area contributed by atoms with Gasteiger partial charge in [-0.2, -0.15) is 0 Å². The number of aryl methyl sites for hydroxylation is 1. The maximum absolute atomic E-state index is 5.30. The van der Waals surface area contributed by atoms with E-state index in [9.17, 15) is 0 Å². The van der Waals surface area contributed by atoms with Gasteiger partial charge in [0, 0.05) is 6.04 Å². The molecular weight excluding hydrogens is 210 g/mol. The smallest absolute Gasteiger partial charge is 0.121 e. The number of ether oxygens (including phenoxy) is 1. The minimum absolute atomic E-state index is 0.430. The third-order valence-electron chi connectivity index (χ3n) is 3.06. The summed E-state index contributed by atoms with van der Waals surface area (Å²) in [7, 11) is 1.72. The van der Waals surface area contributed by atoms with Crippen molar-refractivity contribution in [1.82, 2.24) is 5.32 Å². The molecule has 0 radical (unpaired) electrons. The maximum atomic E-state index is 5.30. The Kier molecular flexibility index (Phi) is 5.49. The number of hydrogen-bond donors (Lipinski definition) is 1. The average Bonchev–Trinajstić information content (AvgIpc) is 2.29. The summed E-state index contributed by atoms with van der Waals surface area (Å²) in [5, 5.41) is 3.61. The summed E-state index contributed by atoms with van der Waals surface area (Å²) in [5.41, 5.74) is 2.56. The molecule has 1 unspecified atom stereocenters. The van der Waals surface area contributed by atoms with Crippen molar-refractivity contribution in [2.45, 2.75) is 40.2 Å². The van der Waals surface area contributed by atoms with Gasteiger partial charge in [0.25, 0.3) is 0 Å². The molecule has 0 heterocycles. The van der Waals surface area contributed by atoms with Gasteiger partial charge in [-0.05, 0) is 43.0 Å². The van der Waals surface area contributed by atoms with E-state index in [4.69, 9.17) is 4.74 Å². The van der Waals surface area contributed by atoms with Crippen molar-refractivity contribution in [1.29, 1.82) is 0 Å². The van der Waals surface area contributed by atoms with Gasteiger partial charge in [-0.3, -0.25) is 0 Å². The molecular formula is C15H25NO. The normalized spacial score (nSPS) is 12.8. The Morgan fingerprint density at radius 2 is 2.00 bits per heavy atom. The molecule has 1 N–H and O–H groups in total. The van der Waals surface area contributed by atoms with Crippen molar-refractivity contribution in [3.8, 4) is 5.75 Å². The fourth-order valence-electron chi connectivity index (χ4n) is 2.13. The van der Waals surface area contributed by atoms with Crippen LogP contribution in [-0.4, -0.2) is 13.7 Å². The van der Waals surface area contributed by atoms with E-state index in [1.807, 2.05) is 0 Å². The largest absolute Gasteiger partial charge is 0.496 e. The van der Waals surface area contributed by atoms with Gasteiger partial charge in [0.1, 0.15) is 5.75 Å². The predicted octanol–water partition coefficient (Wildman–Crippen LogP) is 3.70. The lowest BCUT2D eigenvalue weighted by molar-refractivity contribution is 0.403. The molecule has 1 aromatic rings. The van der Waals surface area contributed by atoms with Gasteiger partial charge in [-0.25, -0.2) is 0 Å². The first-order chi connectivity index (χ1) is 8.10. The summed E-state index contributed by atoms with van der Waals surface area (Å²) in [6.45, 7) is 9.87. The Bertz CT molecular complexity index is 347. The standard InChI is InChI=1S/C15H25NO/c1-6-9-16-15(11(2)3)13-7-8-14(17-5)12(4)10-13/h7-8,10-11,15-16H,6,9H2,1-5H3. The zero-order valence-electron chi connectivity index (χ0n) is 11.7. The fourth-order valence-corrected chi connectivity index (χ4v) is 2.13. The van der Waals surface area contributed by atoms with E-state index >= 15 is 0 Å². The van der Waals surface area contributed by atoms with E-state index in [-0.39, 0.29) is 0 Å². The highest BCUT2D eigenvalue weighted by Crippen LogP contribution is 2.26. The molecule has 1 aromatic carbocycles. The summed E-state index contributed by atoms with van der Waals surface area (Å²) in [6.07, 6.45) is 1.17. The summed E-state index contributed by atoms with van der Waals surface area (Å²) < 4.78 is 5.30. The molecule has 0 aliphatic heterocycles. The molecule has 0 aliphatic rings. The van der Waals surface area contributed by atoms with E-state index < -0.39 is 0 Å². The zero-order chi connectivity index (χ0) is 12.8. The summed E-state index contributed by atoms with van der Waals surface area (Å²) in [5.74, 6) is 1.56. The Labute approximate surface area is 105 Å². The SMILES string of the molecule is CCCNC(c1ccc(OC)c(C)c1)C(C)C. The highest BCUT2D eigenvalue weighted by molar-refractivity contribution is 5.37. The highest BCUT2D eigenvalue weighted by Gasteiger charge is 2.15. The van der Waals surface area contributed by atoms with Crippen LogP contribution in [0.25, 0.3) is 0 Å². The van der Waals surface area contributed by atoms with Gasteiger partial charge >= 0.3 is 0 Å². The van der Waals surface area contributed by atoms with Gasteiger partial charge < -0.3 is 10.1 Å². The molecule has 1 atom stereocenters. The van der Waals surface area contributed by atoms with Gasteiger partial charge in [-0.1, -0.05) is 32.9 Å². The second-order valence-corrected chi connectivity index (χ2v) is 4.90. The third-order valence-corrected chi connectivity index (χ3v) is 3.06. The molecule has 2 nitrogen and oxygen atoms in total. The molecule has 2 heteroatoms. The minimum atomic E-state index is 0.430.